The Morgan fingerprint density at radius 2 is 2.11 bits per heavy atom. The van der Waals surface area contributed by atoms with Crippen LogP contribution in [0.5, 0.6) is 0 Å². The van der Waals surface area contributed by atoms with Gasteiger partial charge in [-0.05, 0) is 19.3 Å². The van der Waals surface area contributed by atoms with Crippen molar-refractivity contribution < 1.29 is 14.4 Å². The molecule has 0 spiro atoms. The Kier molecular flexibility index (Phi) is 3.43. The number of hydrogen-bond donors (Lipinski definition) is 0. The highest BCUT2D eigenvalue weighted by Gasteiger charge is 2.51. The fourth-order valence-corrected chi connectivity index (χ4v) is 2.72. The molecule has 0 aromatic heterocycles. The van der Waals surface area contributed by atoms with Gasteiger partial charge < -0.3 is 4.90 Å². The van der Waals surface area contributed by atoms with Gasteiger partial charge in [0.05, 0.1) is 17.9 Å². The van der Waals surface area contributed by atoms with Crippen LogP contribution in [0.3, 0.4) is 0 Å². The van der Waals surface area contributed by atoms with Gasteiger partial charge in [0.2, 0.25) is 11.8 Å². The first-order valence-corrected chi connectivity index (χ1v) is 6.16. The minimum atomic E-state index is -0.477. The maximum absolute atomic E-state index is 12.1. The molecule has 2 aliphatic rings. The maximum Gasteiger partial charge on any atom is 0.298 e. The zero-order valence-corrected chi connectivity index (χ0v) is 11.2. The summed E-state index contributed by atoms with van der Waals surface area (Å²) in [4.78, 5) is 38.5. The lowest BCUT2D eigenvalue weighted by atomic mass is 9.81. The fourth-order valence-electron chi connectivity index (χ4n) is 2.72. The number of hydrogen-bond acceptors (Lipinski definition) is 3. The summed E-state index contributed by atoms with van der Waals surface area (Å²) >= 11 is 0. The molecule has 0 aromatic carbocycles. The standard InChI is InChI=1S/C14H16N2O3/c1-4-6-11(17)15(2)10-8-5-7-9-12(10)14(19)16(3)13(9)18/h5,8-10,12H,7H2,1-3H3/t9-,10+,12-/m0/s1. The molecule has 0 saturated carbocycles. The van der Waals surface area contributed by atoms with Crippen LogP contribution in [0.25, 0.3) is 0 Å². The Morgan fingerprint density at radius 3 is 2.74 bits per heavy atom. The topological polar surface area (TPSA) is 57.7 Å². The maximum atomic E-state index is 12.1. The van der Waals surface area contributed by atoms with E-state index < -0.39 is 12.0 Å². The van der Waals surface area contributed by atoms with Gasteiger partial charge in [-0.2, -0.15) is 0 Å². The quantitative estimate of drug-likeness (QED) is 0.379. The summed E-state index contributed by atoms with van der Waals surface area (Å²) in [6.07, 6.45) is 4.23. The number of carbonyl (C=O) groups excluding carboxylic acids is 3. The summed E-state index contributed by atoms with van der Waals surface area (Å²) in [7, 11) is 3.11. The second-order valence-electron chi connectivity index (χ2n) is 4.81. The summed E-state index contributed by atoms with van der Waals surface area (Å²) < 4.78 is 0. The Labute approximate surface area is 112 Å². The summed E-state index contributed by atoms with van der Waals surface area (Å²) in [5.41, 5.74) is 0. The molecule has 0 aromatic rings. The van der Waals surface area contributed by atoms with Crippen LogP contribution in [0.1, 0.15) is 13.3 Å². The number of nitrogens with zero attached hydrogens (tertiary/aromatic N) is 2. The van der Waals surface area contributed by atoms with Crippen molar-refractivity contribution in [2.24, 2.45) is 11.8 Å². The Balaban J connectivity index is 2.31. The van der Waals surface area contributed by atoms with Crippen LogP contribution < -0.4 is 0 Å². The van der Waals surface area contributed by atoms with E-state index in [-0.39, 0.29) is 23.6 Å². The Bertz CT molecular complexity index is 527. The summed E-state index contributed by atoms with van der Waals surface area (Å²) in [6, 6.07) is -0.395. The number of amides is 3. The van der Waals surface area contributed by atoms with Crippen LogP contribution in [-0.2, 0) is 14.4 Å². The molecule has 3 atom stereocenters. The zero-order chi connectivity index (χ0) is 14.2. The molecular formula is C14H16N2O3. The van der Waals surface area contributed by atoms with Crippen molar-refractivity contribution in [3.05, 3.63) is 12.2 Å². The van der Waals surface area contributed by atoms with E-state index in [2.05, 4.69) is 11.8 Å². The number of fused-ring (bicyclic) bond motifs is 1. The number of allylic oxidation sites excluding steroid dienone is 1. The normalized spacial score (nSPS) is 28.8. The number of carbonyl (C=O) groups is 3. The van der Waals surface area contributed by atoms with E-state index in [1.165, 1.54) is 16.8 Å². The molecule has 1 aliphatic heterocycles. The van der Waals surface area contributed by atoms with Gasteiger partial charge in [0, 0.05) is 14.1 Å². The van der Waals surface area contributed by atoms with Crippen molar-refractivity contribution >= 4 is 17.7 Å². The SMILES string of the molecule is CC#CC(=O)N(C)[C@@H]1C=CC[C@@H]2C(=O)N(C)C(=O)[C@@H]21. The molecule has 0 bridgehead atoms. The van der Waals surface area contributed by atoms with Crippen molar-refractivity contribution in [1.29, 1.82) is 0 Å². The molecule has 1 fully saturated rings. The molecule has 2 rings (SSSR count). The van der Waals surface area contributed by atoms with Gasteiger partial charge >= 0.3 is 0 Å². The van der Waals surface area contributed by atoms with E-state index in [0.29, 0.717) is 6.42 Å². The van der Waals surface area contributed by atoms with Gasteiger partial charge in [-0.3, -0.25) is 19.3 Å². The number of likely N-dealkylation sites (tertiary alicyclic amines) is 1. The minimum absolute atomic E-state index is 0.160. The molecule has 100 valence electrons. The molecule has 5 heteroatoms. The largest absolute Gasteiger partial charge is 0.328 e. The molecule has 1 aliphatic carbocycles. The first-order valence-electron chi connectivity index (χ1n) is 6.16. The average molecular weight is 260 g/mol. The van der Waals surface area contributed by atoms with E-state index >= 15 is 0 Å². The van der Waals surface area contributed by atoms with Gasteiger partial charge in [0.1, 0.15) is 0 Å². The van der Waals surface area contributed by atoms with E-state index in [1.807, 2.05) is 12.2 Å². The third kappa shape index (κ3) is 2.03. The van der Waals surface area contributed by atoms with Gasteiger partial charge in [0.15, 0.2) is 0 Å². The molecule has 5 nitrogen and oxygen atoms in total. The monoisotopic (exact) mass is 260 g/mol. The van der Waals surface area contributed by atoms with Gasteiger partial charge in [0.25, 0.3) is 5.91 Å². The highest BCUT2D eigenvalue weighted by molar-refractivity contribution is 6.06. The van der Waals surface area contributed by atoms with Crippen molar-refractivity contribution in [1.82, 2.24) is 9.80 Å². The number of imide groups is 1. The summed E-state index contributed by atoms with van der Waals surface area (Å²) in [5.74, 6) is 3.46. The third-order valence-corrected chi connectivity index (χ3v) is 3.79. The van der Waals surface area contributed by atoms with Crippen LogP contribution in [0.2, 0.25) is 0 Å². The van der Waals surface area contributed by atoms with Gasteiger partial charge in [-0.1, -0.05) is 18.1 Å². The Morgan fingerprint density at radius 1 is 1.42 bits per heavy atom. The lowest BCUT2D eigenvalue weighted by Crippen LogP contribution is -2.46. The van der Waals surface area contributed by atoms with E-state index in [4.69, 9.17) is 0 Å². The highest BCUT2D eigenvalue weighted by Crippen LogP contribution is 2.36. The van der Waals surface area contributed by atoms with Crippen molar-refractivity contribution in [2.75, 3.05) is 14.1 Å². The van der Waals surface area contributed by atoms with Crippen molar-refractivity contribution in [3.63, 3.8) is 0 Å². The number of rotatable bonds is 1. The smallest absolute Gasteiger partial charge is 0.298 e. The molecular weight excluding hydrogens is 244 g/mol. The molecule has 0 N–H and O–H groups in total. The van der Waals surface area contributed by atoms with Crippen LogP contribution in [0.15, 0.2) is 12.2 Å². The molecule has 1 heterocycles. The van der Waals surface area contributed by atoms with E-state index in [9.17, 15) is 14.4 Å². The first-order chi connectivity index (χ1) is 8.99. The highest BCUT2D eigenvalue weighted by atomic mass is 16.2. The van der Waals surface area contributed by atoms with E-state index in [1.54, 1.807) is 14.0 Å². The molecule has 19 heavy (non-hydrogen) atoms. The van der Waals surface area contributed by atoms with Crippen molar-refractivity contribution in [2.45, 2.75) is 19.4 Å². The fraction of sp³-hybridized carbons (Fsp3) is 0.500. The van der Waals surface area contributed by atoms with Gasteiger partial charge in [-0.15, -0.1) is 0 Å². The van der Waals surface area contributed by atoms with Gasteiger partial charge in [-0.25, -0.2) is 0 Å². The predicted octanol–water partition coefficient (Wildman–Crippen LogP) is 0.0276. The van der Waals surface area contributed by atoms with Crippen LogP contribution in [0.4, 0.5) is 0 Å². The van der Waals surface area contributed by atoms with Crippen LogP contribution in [0, 0.1) is 23.7 Å². The number of likely N-dealkylation sites (N-methyl/N-ethyl adjacent to an activating group) is 1. The lowest BCUT2D eigenvalue weighted by molar-refractivity contribution is -0.138. The minimum Gasteiger partial charge on any atom is -0.328 e. The second kappa shape index (κ2) is 4.88. The third-order valence-electron chi connectivity index (χ3n) is 3.79. The van der Waals surface area contributed by atoms with Crippen molar-refractivity contribution in [3.8, 4) is 11.8 Å². The summed E-state index contributed by atoms with van der Waals surface area (Å²) in [5, 5.41) is 0. The molecule has 1 saturated heterocycles. The molecule has 0 unspecified atom stereocenters. The molecule has 0 radical (unpaired) electrons. The second-order valence-corrected chi connectivity index (χ2v) is 4.81. The first kappa shape index (κ1) is 13.3. The zero-order valence-electron chi connectivity index (χ0n) is 11.2. The van der Waals surface area contributed by atoms with Crippen LogP contribution >= 0.6 is 0 Å². The Hall–Kier alpha value is -2.09. The summed E-state index contributed by atoms with van der Waals surface area (Å²) in [6.45, 7) is 1.59. The lowest BCUT2D eigenvalue weighted by Gasteiger charge is -2.32. The van der Waals surface area contributed by atoms with E-state index in [0.717, 1.165) is 0 Å². The average Bonchev–Trinajstić information content (AvgIpc) is 2.63. The molecule has 3 amide bonds. The predicted molar refractivity (Wildman–Crippen MR) is 68.5 cm³/mol. The van der Waals surface area contributed by atoms with Crippen LogP contribution in [-0.4, -0.2) is 47.7 Å².